The zero-order valence-corrected chi connectivity index (χ0v) is 14.9. The zero-order chi connectivity index (χ0) is 14.8. The van der Waals surface area contributed by atoms with E-state index in [0.717, 1.165) is 33.3 Å². The van der Waals surface area contributed by atoms with Crippen LogP contribution in [0.5, 0.6) is 11.5 Å². The van der Waals surface area contributed by atoms with Crippen LogP contribution in [0.4, 0.5) is 0 Å². The summed E-state index contributed by atoms with van der Waals surface area (Å²) in [5.74, 6) is 1.88. The molecular weight excluding hydrogens is 396 g/mol. The van der Waals surface area contributed by atoms with E-state index in [2.05, 4.69) is 57.0 Å². The minimum Gasteiger partial charge on any atom is -0.488 e. The van der Waals surface area contributed by atoms with Crippen molar-refractivity contribution in [3.8, 4) is 11.5 Å². The molecule has 2 aromatic rings. The van der Waals surface area contributed by atoms with Crippen LogP contribution in [0.1, 0.15) is 16.7 Å². The molecule has 1 atom stereocenters. The van der Waals surface area contributed by atoms with Gasteiger partial charge in [-0.05, 0) is 40.5 Å². The molecule has 0 N–H and O–H groups in total. The molecule has 1 heterocycles. The second-order valence-electron chi connectivity index (χ2n) is 5.23. The molecule has 1 aliphatic heterocycles. The number of benzene rings is 2. The molecule has 0 bridgehead atoms. The molecule has 2 nitrogen and oxygen atoms in total. The third-order valence-corrected chi connectivity index (χ3v) is 4.79. The van der Waals surface area contributed by atoms with Gasteiger partial charge >= 0.3 is 0 Å². The Kier molecular flexibility index (Phi) is 4.55. The molecule has 0 spiro atoms. The Balaban J connectivity index is 1.68. The SMILES string of the molecule is Cc1ccc2c(c1)CC(COc1c(Br)cccc1CBr)O2. The smallest absolute Gasteiger partial charge is 0.137 e. The van der Waals surface area contributed by atoms with Crippen molar-refractivity contribution in [1.82, 2.24) is 0 Å². The van der Waals surface area contributed by atoms with Gasteiger partial charge < -0.3 is 9.47 Å². The predicted octanol–water partition coefficient (Wildman–Crippen LogP) is 5.03. The van der Waals surface area contributed by atoms with Crippen molar-refractivity contribution in [2.75, 3.05) is 6.61 Å². The maximum absolute atomic E-state index is 6.00. The fourth-order valence-electron chi connectivity index (χ4n) is 2.54. The van der Waals surface area contributed by atoms with Gasteiger partial charge in [-0.2, -0.15) is 0 Å². The van der Waals surface area contributed by atoms with E-state index in [1.165, 1.54) is 11.1 Å². The van der Waals surface area contributed by atoms with Gasteiger partial charge in [0, 0.05) is 17.3 Å². The van der Waals surface area contributed by atoms with Gasteiger partial charge in [0.15, 0.2) is 0 Å². The lowest BCUT2D eigenvalue weighted by Gasteiger charge is -2.15. The first-order valence-corrected chi connectivity index (χ1v) is 8.81. The molecule has 0 saturated heterocycles. The summed E-state index contributed by atoms with van der Waals surface area (Å²) in [5, 5.41) is 0.771. The topological polar surface area (TPSA) is 18.5 Å². The average Bonchev–Trinajstić information content (AvgIpc) is 2.87. The molecule has 0 aliphatic carbocycles. The maximum atomic E-state index is 6.00. The number of hydrogen-bond acceptors (Lipinski definition) is 2. The molecule has 4 heteroatoms. The zero-order valence-electron chi connectivity index (χ0n) is 11.7. The van der Waals surface area contributed by atoms with Crippen LogP contribution in [-0.4, -0.2) is 12.7 Å². The second-order valence-corrected chi connectivity index (χ2v) is 6.64. The van der Waals surface area contributed by atoms with Crippen molar-refractivity contribution in [1.29, 1.82) is 0 Å². The Morgan fingerprint density at radius 2 is 2.14 bits per heavy atom. The van der Waals surface area contributed by atoms with Crippen molar-refractivity contribution < 1.29 is 9.47 Å². The van der Waals surface area contributed by atoms with E-state index in [-0.39, 0.29) is 6.10 Å². The standard InChI is InChI=1S/C17H16Br2O2/c1-11-5-6-16-13(7-11)8-14(21-16)10-20-17-12(9-18)3-2-4-15(17)19/h2-7,14H,8-10H2,1H3. The van der Waals surface area contributed by atoms with E-state index in [4.69, 9.17) is 9.47 Å². The van der Waals surface area contributed by atoms with Gasteiger partial charge in [-0.3, -0.25) is 0 Å². The first-order chi connectivity index (χ1) is 10.2. The summed E-state index contributed by atoms with van der Waals surface area (Å²) in [6.07, 6.45) is 0.988. The highest BCUT2D eigenvalue weighted by molar-refractivity contribution is 9.10. The molecule has 21 heavy (non-hydrogen) atoms. The molecule has 0 aromatic heterocycles. The Hall–Kier alpha value is -1.000. The number of ether oxygens (including phenoxy) is 2. The number of fused-ring (bicyclic) bond motifs is 1. The Labute approximate surface area is 141 Å². The van der Waals surface area contributed by atoms with E-state index in [1.807, 2.05) is 18.2 Å². The van der Waals surface area contributed by atoms with E-state index in [1.54, 1.807) is 0 Å². The number of rotatable bonds is 4. The molecule has 2 aromatic carbocycles. The molecule has 0 fully saturated rings. The molecular formula is C17H16Br2O2. The summed E-state index contributed by atoms with van der Waals surface area (Å²) >= 11 is 7.04. The summed E-state index contributed by atoms with van der Waals surface area (Å²) in [6.45, 7) is 2.66. The normalized spacial score (nSPS) is 16.4. The highest BCUT2D eigenvalue weighted by atomic mass is 79.9. The van der Waals surface area contributed by atoms with Gasteiger partial charge in [-0.1, -0.05) is 45.8 Å². The number of hydrogen-bond donors (Lipinski definition) is 0. The fraction of sp³-hybridized carbons (Fsp3) is 0.294. The number of aryl methyl sites for hydroxylation is 1. The van der Waals surface area contributed by atoms with Crippen LogP contribution in [-0.2, 0) is 11.8 Å². The lowest BCUT2D eigenvalue weighted by molar-refractivity contribution is 0.147. The summed E-state index contributed by atoms with van der Waals surface area (Å²) in [4.78, 5) is 0. The van der Waals surface area contributed by atoms with Crippen molar-refractivity contribution in [3.63, 3.8) is 0 Å². The van der Waals surface area contributed by atoms with Gasteiger partial charge in [0.2, 0.25) is 0 Å². The predicted molar refractivity (Wildman–Crippen MR) is 91.6 cm³/mol. The summed E-state index contributed by atoms with van der Waals surface area (Å²) in [7, 11) is 0. The molecule has 0 amide bonds. The maximum Gasteiger partial charge on any atom is 0.137 e. The molecule has 0 saturated carbocycles. The van der Waals surface area contributed by atoms with Gasteiger partial charge in [-0.25, -0.2) is 0 Å². The first-order valence-electron chi connectivity index (χ1n) is 6.89. The quantitative estimate of drug-likeness (QED) is 0.656. The van der Waals surface area contributed by atoms with Crippen LogP contribution in [0.2, 0.25) is 0 Å². The van der Waals surface area contributed by atoms with Crippen LogP contribution in [0, 0.1) is 6.92 Å². The number of halogens is 2. The summed E-state index contributed by atoms with van der Waals surface area (Å²) < 4.78 is 12.9. The van der Waals surface area contributed by atoms with Crippen molar-refractivity contribution in [2.24, 2.45) is 0 Å². The molecule has 3 rings (SSSR count). The Morgan fingerprint density at radius 3 is 2.95 bits per heavy atom. The minimum atomic E-state index is 0.0806. The largest absolute Gasteiger partial charge is 0.488 e. The van der Waals surface area contributed by atoms with Crippen LogP contribution in [0.15, 0.2) is 40.9 Å². The second kappa shape index (κ2) is 6.41. The lowest BCUT2D eigenvalue weighted by atomic mass is 10.1. The highest BCUT2D eigenvalue weighted by Crippen LogP contribution is 2.33. The van der Waals surface area contributed by atoms with Crippen LogP contribution < -0.4 is 9.47 Å². The lowest BCUT2D eigenvalue weighted by Crippen LogP contribution is -2.22. The summed E-state index contributed by atoms with van der Waals surface area (Å²) in [5.41, 5.74) is 3.68. The first kappa shape index (κ1) is 14.9. The van der Waals surface area contributed by atoms with E-state index < -0.39 is 0 Å². The fourth-order valence-corrected chi connectivity index (χ4v) is 3.50. The van der Waals surface area contributed by atoms with E-state index in [9.17, 15) is 0 Å². The van der Waals surface area contributed by atoms with Gasteiger partial charge in [0.25, 0.3) is 0 Å². The van der Waals surface area contributed by atoms with Crippen LogP contribution in [0.25, 0.3) is 0 Å². The van der Waals surface area contributed by atoms with Crippen LogP contribution >= 0.6 is 31.9 Å². The van der Waals surface area contributed by atoms with Gasteiger partial charge in [0.1, 0.15) is 24.2 Å². The van der Waals surface area contributed by atoms with Gasteiger partial charge in [0.05, 0.1) is 4.47 Å². The molecule has 1 aliphatic rings. The average molecular weight is 412 g/mol. The Bertz CT molecular complexity index is 655. The van der Waals surface area contributed by atoms with Crippen molar-refractivity contribution in [3.05, 3.63) is 57.6 Å². The molecule has 110 valence electrons. The number of alkyl halides is 1. The third kappa shape index (κ3) is 3.27. The van der Waals surface area contributed by atoms with Crippen molar-refractivity contribution >= 4 is 31.9 Å². The van der Waals surface area contributed by atoms with E-state index in [0.29, 0.717) is 6.61 Å². The van der Waals surface area contributed by atoms with Crippen molar-refractivity contribution in [2.45, 2.75) is 24.8 Å². The number of para-hydroxylation sites is 1. The monoisotopic (exact) mass is 410 g/mol. The Morgan fingerprint density at radius 1 is 1.29 bits per heavy atom. The minimum absolute atomic E-state index is 0.0806. The highest BCUT2D eigenvalue weighted by Gasteiger charge is 2.24. The molecule has 1 unspecified atom stereocenters. The third-order valence-electron chi connectivity index (χ3n) is 3.56. The summed E-state index contributed by atoms with van der Waals surface area (Å²) in [6, 6.07) is 12.4. The molecule has 0 radical (unpaired) electrons. The van der Waals surface area contributed by atoms with Gasteiger partial charge in [-0.15, -0.1) is 0 Å². The van der Waals surface area contributed by atoms with E-state index >= 15 is 0 Å². The van der Waals surface area contributed by atoms with Crippen LogP contribution in [0.3, 0.4) is 0 Å².